The molecule has 1 amide bonds. The Bertz CT molecular complexity index is 155. The van der Waals surface area contributed by atoms with Crippen LogP contribution in [-0.2, 0) is 4.79 Å². The highest BCUT2D eigenvalue weighted by molar-refractivity contribution is 5.76. The van der Waals surface area contributed by atoms with Gasteiger partial charge in [0.2, 0.25) is 5.91 Å². The number of carbonyl (C=O) groups excluding carboxylic acids is 1. The monoisotopic (exact) mass is 170 g/mol. The average molecular weight is 170 g/mol. The van der Waals surface area contributed by atoms with E-state index < -0.39 is 0 Å². The van der Waals surface area contributed by atoms with Gasteiger partial charge in [-0.15, -0.1) is 0 Å². The number of nitrogens with zero attached hydrogens (tertiary/aromatic N) is 1. The number of carbonyl (C=O) groups is 1. The molecule has 0 aromatic heterocycles. The molecule has 0 spiro atoms. The van der Waals surface area contributed by atoms with Crippen molar-refractivity contribution in [3.63, 3.8) is 0 Å². The van der Waals surface area contributed by atoms with Gasteiger partial charge in [0.1, 0.15) is 0 Å². The van der Waals surface area contributed by atoms with E-state index in [1.807, 2.05) is 19.0 Å². The van der Waals surface area contributed by atoms with Crippen LogP contribution in [-0.4, -0.2) is 37.5 Å². The second-order valence-corrected chi connectivity index (χ2v) is 3.44. The van der Waals surface area contributed by atoms with Gasteiger partial charge in [0, 0.05) is 19.5 Å². The van der Waals surface area contributed by atoms with Gasteiger partial charge in [0.25, 0.3) is 0 Å². The van der Waals surface area contributed by atoms with E-state index in [0.717, 1.165) is 13.0 Å². The third-order valence-electron chi connectivity index (χ3n) is 2.31. The Balaban J connectivity index is 2.09. The highest BCUT2D eigenvalue weighted by Gasteiger charge is 2.28. The predicted molar refractivity (Wildman–Crippen MR) is 49.0 cm³/mol. The SMILES string of the molecule is CNCCCC(=O)N(C)C1CC1. The van der Waals surface area contributed by atoms with Crippen molar-refractivity contribution in [2.45, 2.75) is 31.7 Å². The van der Waals surface area contributed by atoms with Crippen LogP contribution >= 0.6 is 0 Å². The maximum absolute atomic E-state index is 11.4. The lowest BCUT2D eigenvalue weighted by atomic mass is 10.3. The second kappa shape index (κ2) is 4.45. The van der Waals surface area contributed by atoms with Crippen LogP contribution < -0.4 is 5.32 Å². The molecule has 1 aliphatic rings. The molecule has 70 valence electrons. The zero-order valence-corrected chi connectivity index (χ0v) is 7.97. The fourth-order valence-electron chi connectivity index (χ4n) is 1.26. The summed E-state index contributed by atoms with van der Waals surface area (Å²) >= 11 is 0. The van der Waals surface area contributed by atoms with Gasteiger partial charge >= 0.3 is 0 Å². The minimum atomic E-state index is 0.299. The van der Waals surface area contributed by atoms with E-state index in [1.54, 1.807) is 0 Å². The number of hydrogen-bond donors (Lipinski definition) is 1. The Kier molecular flexibility index (Phi) is 3.53. The number of amides is 1. The number of nitrogens with one attached hydrogen (secondary N) is 1. The minimum absolute atomic E-state index is 0.299. The zero-order valence-electron chi connectivity index (χ0n) is 7.97. The Hall–Kier alpha value is -0.570. The van der Waals surface area contributed by atoms with Gasteiger partial charge in [-0.1, -0.05) is 0 Å². The first-order chi connectivity index (χ1) is 5.75. The summed E-state index contributed by atoms with van der Waals surface area (Å²) in [6.45, 7) is 0.935. The van der Waals surface area contributed by atoms with Gasteiger partial charge in [-0.25, -0.2) is 0 Å². The number of hydrogen-bond acceptors (Lipinski definition) is 2. The van der Waals surface area contributed by atoms with Crippen molar-refractivity contribution in [3.05, 3.63) is 0 Å². The second-order valence-electron chi connectivity index (χ2n) is 3.44. The molecule has 3 heteroatoms. The molecule has 1 N–H and O–H groups in total. The molecular weight excluding hydrogens is 152 g/mol. The Morgan fingerprint density at radius 2 is 2.25 bits per heavy atom. The Morgan fingerprint density at radius 1 is 1.58 bits per heavy atom. The van der Waals surface area contributed by atoms with E-state index in [4.69, 9.17) is 0 Å². The molecule has 0 aromatic carbocycles. The molecule has 0 saturated heterocycles. The maximum atomic E-state index is 11.4. The molecule has 0 aliphatic heterocycles. The molecule has 0 aromatic rings. The van der Waals surface area contributed by atoms with Crippen molar-refractivity contribution in [3.8, 4) is 0 Å². The minimum Gasteiger partial charge on any atom is -0.343 e. The van der Waals surface area contributed by atoms with Gasteiger partial charge < -0.3 is 10.2 Å². The average Bonchev–Trinajstić information content (AvgIpc) is 2.86. The normalized spacial score (nSPS) is 16.2. The number of rotatable bonds is 5. The highest BCUT2D eigenvalue weighted by Crippen LogP contribution is 2.25. The fraction of sp³-hybridized carbons (Fsp3) is 0.889. The van der Waals surface area contributed by atoms with Crippen LogP contribution in [0.15, 0.2) is 0 Å². The van der Waals surface area contributed by atoms with E-state index in [-0.39, 0.29) is 0 Å². The Labute approximate surface area is 74.1 Å². The molecule has 0 atom stereocenters. The van der Waals surface area contributed by atoms with Crippen molar-refractivity contribution in [1.29, 1.82) is 0 Å². The van der Waals surface area contributed by atoms with E-state index in [9.17, 15) is 4.79 Å². The molecule has 12 heavy (non-hydrogen) atoms. The summed E-state index contributed by atoms with van der Waals surface area (Å²) in [5.41, 5.74) is 0. The van der Waals surface area contributed by atoms with E-state index in [2.05, 4.69) is 5.32 Å². The lowest BCUT2D eigenvalue weighted by molar-refractivity contribution is -0.130. The first-order valence-corrected chi connectivity index (χ1v) is 4.66. The summed E-state index contributed by atoms with van der Waals surface area (Å²) in [5, 5.41) is 3.04. The van der Waals surface area contributed by atoms with Crippen molar-refractivity contribution in [2.75, 3.05) is 20.6 Å². The van der Waals surface area contributed by atoms with Crippen LogP contribution in [0.1, 0.15) is 25.7 Å². The summed E-state index contributed by atoms with van der Waals surface area (Å²) in [7, 11) is 3.83. The lowest BCUT2D eigenvalue weighted by Gasteiger charge is -2.15. The Morgan fingerprint density at radius 3 is 2.75 bits per heavy atom. The van der Waals surface area contributed by atoms with Crippen LogP contribution in [0.25, 0.3) is 0 Å². The summed E-state index contributed by atoms with van der Waals surface area (Å²) in [4.78, 5) is 13.3. The van der Waals surface area contributed by atoms with Crippen LogP contribution in [0.3, 0.4) is 0 Å². The van der Waals surface area contributed by atoms with Gasteiger partial charge in [-0.3, -0.25) is 4.79 Å². The van der Waals surface area contributed by atoms with Crippen LogP contribution in [0.2, 0.25) is 0 Å². The van der Waals surface area contributed by atoms with Crippen molar-refractivity contribution < 1.29 is 4.79 Å². The summed E-state index contributed by atoms with van der Waals surface area (Å²) < 4.78 is 0. The standard InChI is InChI=1S/C9H18N2O/c1-10-7-3-4-9(12)11(2)8-5-6-8/h8,10H,3-7H2,1-2H3. The predicted octanol–water partition coefficient (Wildman–Crippen LogP) is 0.607. The van der Waals surface area contributed by atoms with Crippen LogP contribution in [0.4, 0.5) is 0 Å². The highest BCUT2D eigenvalue weighted by atomic mass is 16.2. The fourth-order valence-corrected chi connectivity index (χ4v) is 1.26. The topological polar surface area (TPSA) is 32.3 Å². The largest absolute Gasteiger partial charge is 0.343 e. The molecule has 1 fully saturated rings. The molecule has 1 rings (SSSR count). The molecule has 3 nitrogen and oxygen atoms in total. The van der Waals surface area contributed by atoms with Crippen LogP contribution in [0.5, 0.6) is 0 Å². The molecule has 0 bridgehead atoms. The van der Waals surface area contributed by atoms with Crippen molar-refractivity contribution >= 4 is 5.91 Å². The first-order valence-electron chi connectivity index (χ1n) is 4.66. The van der Waals surface area contributed by atoms with Gasteiger partial charge in [-0.05, 0) is 32.9 Å². The van der Waals surface area contributed by atoms with Crippen LogP contribution in [0, 0.1) is 0 Å². The summed E-state index contributed by atoms with van der Waals surface area (Å²) in [6, 6.07) is 0.562. The van der Waals surface area contributed by atoms with Gasteiger partial charge in [0.05, 0.1) is 0 Å². The first kappa shape index (κ1) is 9.52. The molecule has 1 aliphatic carbocycles. The smallest absolute Gasteiger partial charge is 0.222 e. The summed E-state index contributed by atoms with van der Waals surface area (Å²) in [5.74, 6) is 0.299. The van der Waals surface area contributed by atoms with Crippen molar-refractivity contribution in [2.24, 2.45) is 0 Å². The quantitative estimate of drug-likeness (QED) is 0.613. The van der Waals surface area contributed by atoms with E-state index >= 15 is 0 Å². The molecular formula is C9H18N2O. The molecule has 1 saturated carbocycles. The van der Waals surface area contributed by atoms with Gasteiger partial charge in [-0.2, -0.15) is 0 Å². The third-order valence-corrected chi connectivity index (χ3v) is 2.31. The molecule has 0 heterocycles. The summed E-state index contributed by atoms with van der Waals surface area (Å²) in [6.07, 6.45) is 4.04. The molecule has 0 radical (unpaired) electrons. The van der Waals surface area contributed by atoms with Crippen molar-refractivity contribution in [1.82, 2.24) is 10.2 Å². The van der Waals surface area contributed by atoms with E-state index in [0.29, 0.717) is 18.4 Å². The molecule has 0 unspecified atom stereocenters. The van der Waals surface area contributed by atoms with Gasteiger partial charge in [0.15, 0.2) is 0 Å². The third kappa shape index (κ3) is 2.81. The lowest BCUT2D eigenvalue weighted by Crippen LogP contribution is -2.29. The maximum Gasteiger partial charge on any atom is 0.222 e. The zero-order chi connectivity index (χ0) is 8.97. The van der Waals surface area contributed by atoms with E-state index in [1.165, 1.54) is 12.8 Å².